The molecule has 1 saturated heterocycles. The third-order valence-electron chi connectivity index (χ3n) is 4.70. The Labute approximate surface area is 189 Å². The molecule has 0 bridgehead atoms. The van der Waals surface area contributed by atoms with Crippen molar-refractivity contribution in [1.29, 1.82) is 0 Å². The van der Waals surface area contributed by atoms with Crippen LogP contribution in [0, 0.1) is 5.82 Å². The fourth-order valence-corrected chi connectivity index (χ4v) is 3.26. The third kappa shape index (κ3) is 9.14. The number of carbonyl (C=O) groups is 1. The Morgan fingerprint density at radius 2 is 2.17 bits per heavy atom. The van der Waals surface area contributed by atoms with Gasteiger partial charge in [-0.1, -0.05) is 12.8 Å². The molecule has 1 fully saturated rings. The molecule has 2 N–H and O–H groups in total. The van der Waals surface area contributed by atoms with Crippen LogP contribution in [0.15, 0.2) is 23.3 Å². The highest BCUT2D eigenvalue weighted by molar-refractivity contribution is 14.0. The lowest BCUT2D eigenvalue weighted by molar-refractivity contribution is -0.143. The Bertz CT molecular complexity index is 647. The monoisotopic (exact) mass is 521 g/mol. The number of aliphatic imine (C=N–C) groups is 1. The predicted octanol–water partition coefficient (Wildman–Crippen LogP) is 3.10. The maximum Gasteiger partial charge on any atom is 0.305 e. The van der Waals surface area contributed by atoms with Crippen molar-refractivity contribution in [3.8, 4) is 0 Å². The number of halogens is 2. The van der Waals surface area contributed by atoms with Gasteiger partial charge < -0.3 is 20.3 Å². The molecule has 0 saturated carbocycles. The van der Waals surface area contributed by atoms with Gasteiger partial charge >= 0.3 is 5.97 Å². The van der Waals surface area contributed by atoms with Crippen LogP contribution in [0.25, 0.3) is 0 Å². The molecular formula is C20H33FIN5O2. The number of nitrogens with zero attached hydrogens (tertiary/aromatic N) is 3. The SMILES string of the molecule is CCOC(=O)CCCCCCNC(=NC)NC1CCN(c2ncccc2F)C1.I. The summed E-state index contributed by atoms with van der Waals surface area (Å²) in [5.74, 6) is 0.785. The van der Waals surface area contributed by atoms with Gasteiger partial charge in [-0.25, -0.2) is 9.37 Å². The largest absolute Gasteiger partial charge is 0.466 e. The lowest BCUT2D eigenvalue weighted by atomic mass is 10.1. The number of hydrogen-bond donors (Lipinski definition) is 2. The second kappa shape index (κ2) is 14.4. The van der Waals surface area contributed by atoms with Crippen molar-refractivity contribution in [1.82, 2.24) is 15.6 Å². The zero-order valence-corrected chi connectivity index (χ0v) is 19.7. The van der Waals surface area contributed by atoms with Crippen LogP contribution in [0.2, 0.25) is 0 Å². The van der Waals surface area contributed by atoms with E-state index in [0.717, 1.165) is 51.2 Å². The maximum absolute atomic E-state index is 13.9. The van der Waals surface area contributed by atoms with Crippen molar-refractivity contribution in [2.45, 2.75) is 51.5 Å². The first-order valence-corrected chi connectivity index (χ1v) is 10.1. The van der Waals surface area contributed by atoms with Gasteiger partial charge in [0.2, 0.25) is 0 Å². The summed E-state index contributed by atoms with van der Waals surface area (Å²) in [6, 6.07) is 3.25. The van der Waals surface area contributed by atoms with Gasteiger partial charge in [-0.2, -0.15) is 0 Å². The molecule has 1 aromatic rings. The lowest BCUT2D eigenvalue weighted by Crippen LogP contribution is -2.45. The van der Waals surface area contributed by atoms with Crippen molar-refractivity contribution in [3.05, 3.63) is 24.1 Å². The maximum atomic E-state index is 13.9. The van der Waals surface area contributed by atoms with Crippen molar-refractivity contribution in [2.75, 3.05) is 38.2 Å². The summed E-state index contributed by atoms with van der Waals surface area (Å²) in [6.07, 6.45) is 6.98. The quantitative estimate of drug-likeness (QED) is 0.162. The number of ether oxygens (including phenoxy) is 1. The Morgan fingerprint density at radius 1 is 1.38 bits per heavy atom. The van der Waals surface area contributed by atoms with Crippen LogP contribution in [0.3, 0.4) is 0 Å². The summed E-state index contributed by atoms with van der Waals surface area (Å²) in [7, 11) is 1.75. The molecule has 1 aliphatic heterocycles. The van der Waals surface area contributed by atoms with Crippen LogP contribution in [0.5, 0.6) is 0 Å². The van der Waals surface area contributed by atoms with Gasteiger partial charge in [-0.3, -0.25) is 9.79 Å². The number of rotatable bonds is 10. The number of esters is 1. The molecule has 29 heavy (non-hydrogen) atoms. The Kier molecular flexibility index (Phi) is 12.6. The molecule has 2 heterocycles. The van der Waals surface area contributed by atoms with E-state index in [-0.39, 0.29) is 41.8 Å². The minimum Gasteiger partial charge on any atom is -0.466 e. The number of nitrogens with one attached hydrogen (secondary N) is 2. The van der Waals surface area contributed by atoms with Crippen molar-refractivity contribution in [3.63, 3.8) is 0 Å². The minimum atomic E-state index is -0.284. The molecule has 0 radical (unpaired) electrons. The summed E-state index contributed by atoms with van der Waals surface area (Å²) in [4.78, 5) is 21.7. The van der Waals surface area contributed by atoms with E-state index in [0.29, 0.717) is 25.4 Å². The summed E-state index contributed by atoms with van der Waals surface area (Å²) in [5, 5.41) is 6.72. The Hall–Kier alpha value is -1.65. The Morgan fingerprint density at radius 3 is 2.90 bits per heavy atom. The number of pyridine rings is 1. The number of unbranched alkanes of at least 4 members (excludes halogenated alkanes) is 3. The molecular weight excluding hydrogens is 488 g/mol. The van der Waals surface area contributed by atoms with Gasteiger partial charge in [0.25, 0.3) is 0 Å². The molecule has 1 unspecified atom stereocenters. The number of hydrogen-bond acceptors (Lipinski definition) is 5. The molecule has 0 aliphatic carbocycles. The minimum absolute atomic E-state index is 0. The van der Waals surface area contributed by atoms with Crippen LogP contribution in [-0.4, -0.2) is 56.2 Å². The second-order valence-electron chi connectivity index (χ2n) is 6.85. The van der Waals surface area contributed by atoms with E-state index >= 15 is 0 Å². The van der Waals surface area contributed by atoms with Gasteiger partial charge in [0.05, 0.1) is 6.61 Å². The molecule has 1 aliphatic rings. The first kappa shape index (κ1) is 25.4. The van der Waals surface area contributed by atoms with E-state index in [2.05, 4.69) is 20.6 Å². The normalized spacial score (nSPS) is 16.3. The van der Waals surface area contributed by atoms with Gasteiger partial charge in [0.1, 0.15) is 0 Å². The fourth-order valence-electron chi connectivity index (χ4n) is 3.26. The molecule has 1 atom stereocenters. The standard InChI is InChI=1S/C20H32FN5O2.HI/c1-3-28-18(27)10-6-4-5-7-12-24-20(22-2)25-16-11-14-26(15-16)19-17(21)9-8-13-23-19;/h8-9,13,16H,3-7,10-12,14-15H2,1-2H3,(H2,22,24,25);1H. The van der Waals surface area contributed by atoms with Crippen LogP contribution >= 0.6 is 24.0 Å². The number of carbonyl (C=O) groups excluding carboxylic acids is 1. The number of guanidine groups is 1. The number of anilines is 1. The highest BCUT2D eigenvalue weighted by Gasteiger charge is 2.25. The molecule has 0 aromatic carbocycles. The van der Waals surface area contributed by atoms with Crippen molar-refractivity contribution >= 4 is 41.7 Å². The van der Waals surface area contributed by atoms with Gasteiger partial charge in [0, 0.05) is 45.3 Å². The van der Waals surface area contributed by atoms with Crippen LogP contribution in [-0.2, 0) is 9.53 Å². The molecule has 1 aromatic heterocycles. The predicted molar refractivity (Wildman–Crippen MR) is 124 cm³/mol. The first-order valence-electron chi connectivity index (χ1n) is 10.1. The van der Waals surface area contributed by atoms with E-state index in [4.69, 9.17) is 4.74 Å². The van der Waals surface area contributed by atoms with Crippen molar-refractivity contribution < 1.29 is 13.9 Å². The molecule has 2 rings (SSSR count). The fraction of sp³-hybridized carbons (Fsp3) is 0.650. The zero-order chi connectivity index (χ0) is 20.2. The molecule has 7 nitrogen and oxygen atoms in total. The van der Waals surface area contributed by atoms with E-state index in [1.807, 2.05) is 11.8 Å². The van der Waals surface area contributed by atoms with Crippen molar-refractivity contribution in [2.24, 2.45) is 4.99 Å². The lowest BCUT2D eigenvalue weighted by Gasteiger charge is -2.20. The highest BCUT2D eigenvalue weighted by atomic mass is 127. The van der Waals surface area contributed by atoms with E-state index in [9.17, 15) is 9.18 Å². The summed E-state index contributed by atoms with van der Waals surface area (Å²) in [6.45, 7) is 4.56. The van der Waals surface area contributed by atoms with Crippen LogP contribution < -0.4 is 15.5 Å². The van der Waals surface area contributed by atoms with E-state index in [1.54, 1.807) is 19.3 Å². The summed E-state index contributed by atoms with van der Waals surface area (Å²) >= 11 is 0. The van der Waals surface area contributed by atoms with Gasteiger partial charge in [0.15, 0.2) is 17.6 Å². The summed E-state index contributed by atoms with van der Waals surface area (Å²) in [5.41, 5.74) is 0. The first-order chi connectivity index (χ1) is 13.6. The zero-order valence-electron chi connectivity index (χ0n) is 17.3. The molecule has 0 spiro atoms. The highest BCUT2D eigenvalue weighted by Crippen LogP contribution is 2.20. The topological polar surface area (TPSA) is 78.8 Å². The molecule has 0 amide bonds. The third-order valence-corrected chi connectivity index (χ3v) is 4.70. The molecule has 164 valence electrons. The van der Waals surface area contributed by atoms with Gasteiger partial charge in [-0.15, -0.1) is 24.0 Å². The second-order valence-corrected chi connectivity index (χ2v) is 6.85. The van der Waals surface area contributed by atoms with Crippen LogP contribution in [0.4, 0.5) is 10.2 Å². The average Bonchev–Trinajstić information content (AvgIpc) is 3.15. The number of aromatic nitrogens is 1. The smallest absolute Gasteiger partial charge is 0.305 e. The van der Waals surface area contributed by atoms with E-state index < -0.39 is 0 Å². The summed E-state index contributed by atoms with van der Waals surface area (Å²) < 4.78 is 18.8. The van der Waals surface area contributed by atoms with E-state index in [1.165, 1.54) is 6.07 Å². The molecule has 9 heteroatoms. The van der Waals surface area contributed by atoms with Crippen LogP contribution in [0.1, 0.15) is 45.4 Å². The average molecular weight is 521 g/mol. The Balaban J connectivity index is 0.00000420. The van der Waals surface area contributed by atoms with Gasteiger partial charge in [-0.05, 0) is 38.3 Å².